The first-order valence-electron chi connectivity index (χ1n) is 14.1. The van der Waals surface area contributed by atoms with Crippen molar-refractivity contribution in [1.29, 1.82) is 0 Å². The van der Waals surface area contributed by atoms with E-state index in [1.54, 1.807) is 43.3 Å². The van der Waals surface area contributed by atoms with Gasteiger partial charge in [0.2, 0.25) is 11.8 Å². The number of hydrogen-bond donors (Lipinski definition) is 1. The normalized spacial score (nSPS) is 14.7. The summed E-state index contributed by atoms with van der Waals surface area (Å²) in [6.07, 6.45) is 5.13. The molecule has 218 valence electrons. The summed E-state index contributed by atoms with van der Waals surface area (Å²) in [7, 11) is -4.14. The second kappa shape index (κ2) is 13.5. The number of nitrogens with one attached hydrogen (secondary N) is 1. The SMILES string of the molecule is Cc1ccc(N(CC(=O)N(Cc2ccccc2C)[C@H](C)C(=O)NC2CCCCC2)S(=O)(=O)c2ccccc2)cc1Cl. The van der Waals surface area contributed by atoms with Gasteiger partial charge in [-0.25, -0.2) is 8.42 Å². The Morgan fingerprint density at radius 1 is 0.927 bits per heavy atom. The molecule has 4 rings (SSSR count). The van der Waals surface area contributed by atoms with Gasteiger partial charge in [0.25, 0.3) is 10.0 Å². The highest BCUT2D eigenvalue weighted by Crippen LogP contribution is 2.29. The van der Waals surface area contributed by atoms with Crippen LogP contribution in [0.3, 0.4) is 0 Å². The third kappa shape index (κ3) is 7.49. The highest BCUT2D eigenvalue weighted by atomic mass is 35.5. The smallest absolute Gasteiger partial charge is 0.264 e. The maximum atomic E-state index is 14.1. The van der Waals surface area contributed by atoms with Crippen LogP contribution in [0.4, 0.5) is 5.69 Å². The van der Waals surface area contributed by atoms with Gasteiger partial charge in [0, 0.05) is 17.6 Å². The van der Waals surface area contributed by atoms with Crippen LogP contribution in [-0.2, 0) is 26.2 Å². The molecule has 3 aromatic carbocycles. The van der Waals surface area contributed by atoms with Crippen molar-refractivity contribution < 1.29 is 18.0 Å². The van der Waals surface area contributed by atoms with Gasteiger partial charge >= 0.3 is 0 Å². The lowest BCUT2D eigenvalue weighted by molar-refractivity contribution is -0.139. The molecule has 0 aromatic heterocycles. The van der Waals surface area contributed by atoms with Gasteiger partial charge in [0.15, 0.2) is 0 Å². The van der Waals surface area contributed by atoms with E-state index in [4.69, 9.17) is 11.6 Å². The van der Waals surface area contributed by atoms with E-state index in [2.05, 4.69) is 5.32 Å². The Hall–Kier alpha value is -3.36. The van der Waals surface area contributed by atoms with Crippen LogP contribution in [0.25, 0.3) is 0 Å². The van der Waals surface area contributed by atoms with Crippen LogP contribution >= 0.6 is 11.6 Å². The molecule has 1 saturated carbocycles. The predicted molar refractivity (Wildman–Crippen MR) is 163 cm³/mol. The summed E-state index contributed by atoms with van der Waals surface area (Å²) in [4.78, 5) is 29.1. The molecule has 0 aliphatic heterocycles. The number of sulfonamides is 1. The van der Waals surface area contributed by atoms with E-state index in [1.807, 2.05) is 38.1 Å². The first-order valence-corrected chi connectivity index (χ1v) is 15.9. The average molecular weight is 596 g/mol. The molecule has 0 heterocycles. The predicted octanol–water partition coefficient (Wildman–Crippen LogP) is 6.02. The summed E-state index contributed by atoms with van der Waals surface area (Å²) in [6, 6.07) is 19.8. The summed E-state index contributed by atoms with van der Waals surface area (Å²) >= 11 is 6.39. The standard InChI is InChI=1S/C32H38ClN3O4S/c1-23-12-10-11-13-26(23)21-35(25(3)32(38)34-27-14-6-4-7-15-27)31(37)22-36(28-19-18-24(2)30(33)20-28)41(39,40)29-16-8-5-9-17-29/h5,8-13,16-20,25,27H,4,6-7,14-15,21-22H2,1-3H3,(H,34,38)/t25-/m1/s1. The van der Waals surface area contributed by atoms with E-state index in [9.17, 15) is 18.0 Å². The molecule has 1 aliphatic rings. The van der Waals surface area contributed by atoms with Gasteiger partial charge in [-0.05, 0) is 74.6 Å². The first-order chi connectivity index (χ1) is 19.6. The molecule has 9 heteroatoms. The van der Waals surface area contributed by atoms with E-state index in [1.165, 1.54) is 17.0 Å². The third-order valence-electron chi connectivity index (χ3n) is 7.77. The molecule has 1 aliphatic carbocycles. The van der Waals surface area contributed by atoms with Crippen molar-refractivity contribution in [2.75, 3.05) is 10.8 Å². The van der Waals surface area contributed by atoms with Gasteiger partial charge in [-0.1, -0.05) is 79.4 Å². The van der Waals surface area contributed by atoms with Crippen molar-refractivity contribution in [2.45, 2.75) is 76.4 Å². The van der Waals surface area contributed by atoms with Crippen molar-refractivity contribution in [3.63, 3.8) is 0 Å². The number of benzene rings is 3. The zero-order chi connectivity index (χ0) is 29.6. The van der Waals surface area contributed by atoms with Gasteiger partial charge in [0.1, 0.15) is 12.6 Å². The number of hydrogen-bond acceptors (Lipinski definition) is 4. The molecule has 1 fully saturated rings. The lowest BCUT2D eigenvalue weighted by Gasteiger charge is -2.33. The summed E-state index contributed by atoms with van der Waals surface area (Å²) in [5.41, 5.74) is 2.92. The second-order valence-electron chi connectivity index (χ2n) is 10.7. The van der Waals surface area contributed by atoms with Crippen LogP contribution in [0.5, 0.6) is 0 Å². The Morgan fingerprint density at radius 2 is 1.59 bits per heavy atom. The van der Waals surface area contributed by atoms with Crippen molar-refractivity contribution in [1.82, 2.24) is 10.2 Å². The fraction of sp³-hybridized carbons (Fsp3) is 0.375. The fourth-order valence-electron chi connectivity index (χ4n) is 5.11. The minimum absolute atomic E-state index is 0.0537. The highest BCUT2D eigenvalue weighted by molar-refractivity contribution is 7.92. The molecule has 3 aromatic rings. The number of amides is 2. The average Bonchev–Trinajstić information content (AvgIpc) is 2.97. The van der Waals surface area contributed by atoms with E-state index in [0.717, 1.165) is 53.1 Å². The first kappa shape index (κ1) is 30.6. The van der Waals surface area contributed by atoms with Crippen LogP contribution in [0.1, 0.15) is 55.7 Å². The molecule has 1 atom stereocenters. The van der Waals surface area contributed by atoms with Crippen molar-refractivity contribution in [3.05, 3.63) is 94.5 Å². The van der Waals surface area contributed by atoms with Crippen LogP contribution < -0.4 is 9.62 Å². The molecule has 0 saturated heterocycles. The number of anilines is 1. The zero-order valence-electron chi connectivity index (χ0n) is 23.8. The second-order valence-corrected chi connectivity index (χ2v) is 13.0. The quantitative estimate of drug-likeness (QED) is 0.311. The van der Waals surface area contributed by atoms with Gasteiger partial charge in [-0.2, -0.15) is 0 Å². The molecule has 1 N–H and O–H groups in total. The largest absolute Gasteiger partial charge is 0.352 e. The topological polar surface area (TPSA) is 86.8 Å². The third-order valence-corrected chi connectivity index (χ3v) is 9.97. The van der Waals surface area contributed by atoms with E-state index < -0.39 is 28.5 Å². The minimum Gasteiger partial charge on any atom is -0.352 e. The number of carbonyl (C=O) groups excluding carboxylic acids is 2. The molecule has 7 nitrogen and oxygen atoms in total. The van der Waals surface area contributed by atoms with Crippen LogP contribution in [-0.4, -0.2) is 43.8 Å². The molecule has 41 heavy (non-hydrogen) atoms. The molecule has 0 unspecified atom stereocenters. The summed E-state index contributed by atoms with van der Waals surface area (Å²) < 4.78 is 28.9. The maximum absolute atomic E-state index is 14.1. The minimum atomic E-state index is -4.14. The zero-order valence-corrected chi connectivity index (χ0v) is 25.4. The Labute approximate surface area is 248 Å². The monoisotopic (exact) mass is 595 g/mol. The highest BCUT2D eigenvalue weighted by Gasteiger charge is 2.33. The Kier molecular flexibility index (Phi) is 10.1. The maximum Gasteiger partial charge on any atom is 0.264 e. The summed E-state index contributed by atoms with van der Waals surface area (Å²) in [5, 5.41) is 3.52. The van der Waals surface area contributed by atoms with Gasteiger partial charge in [0.05, 0.1) is 10.6 Å². The Balaban J connectivity index is 1.69. The van der Waals surface area contributed by atoms with Crippen LogP contribution in [0, 0.1) is 13.8 Å². The molecule has 0 bridgehead atoms. The molecular weight excluding hydrogens is 558 g/mol. The molecule has 2 amide bonds. The van der Waals surface area contributed by atoms with Crippen molar-refractivity contribution >= 4 is 39.1 Å². The van der Waals surface area contributed by atoms with Crippen molar-refractivity contribution in [2.24, 2.45) is 0 Å². The van der Waals surface area contributed by atoms with Gasteiger partial charge in [-0.15, -0.1) is 0 Å². The van der Waals surface area contributed by atoms with Gasteiger partial charge in [-0.3, -0.25) is 13.9 Å². The summed E-state index contributed by atoms with van der Waals surface area (Å²) in [5.74, 6) is -0.731. The van der Waals surface area contributed by atoms with Crippen LogP contribution in [0.15, 0.2) is 77.7 Å². The van der Waals surface area contributed by atoms with E-state index >= 15 is 0 Å². The Morgan fingerprint density at radius 3 is 2.24 bits per heavy atom. The number of halogens is 1. The van der Waals surface area contributed by atoms with Crippen molar-refractivity contribution in [3.8, 4) is 0 Å². The molecule has 0 spiro atoms. The number of carbonyl (C=O) groups is 2. The molecular formula is C32H38ClN3O4S. The Bertz CT molecular complexity index is 1470. The van der Waals surface area contributed by atoms with Gasteiger partial charge < -0.3 is 10.2 Å². The fourth-order valence-corrected chi connectivity index (χ4v) is 6.71. The molecule has 0 radical (unpaired) electrons. The van der Waals surface area contributed by atoms with E-state index in [0.29, 0.717) is 5.02 Å². The number of rotatable bonds is 10. The summed E-state index contributed by atoms with van der Waals surface area (Å²) in [6.45, 7) is 5.14. The number of aryl methyl sites for hydroxylation is 2. The lowest BCUT2D eigenvalue weighted by Crippen LogP contribution is -2.53. The van der Waals surface area contributed by atoms with E-state index in [-0.39, 0.29) is 29.1 Å². The lowest BCUT2D eigenvalue weighted by atomic mass is 9.95. The van der Waals surface area contributed by atoms with Crippen LogP contribution in [0.2, 0.25) is 5.02 Å². The number of nitrogens with zero attached hydrogens (tertiary/aromatic N) is 2.